The lowest BCUT2D eigenvalue weighted by molar-refractivity contribution is 0.0166. The minimum absolute atomic E-state index is 0.0402. The minimum atomic E-state index is -0.0402. The Labute approximate surface area is 117 Å². The first-order valence-electron chi connectivity index (χ1n) is 6.63. The van der Waals surface area contributed by atoms with Crippen LogP contribution in [0.25, 0.3) is 0 Å². The first-order chi connectivity index (χ1) is 9.63. The third-order valence-electron chi connectivity index (χ3n) is 3.44. The lowest BCUT2D eigenvalue weighted by Gasteiger charge is -2.38. The van der Waals surface area contributed by atoms with Crippen molar-refractivity contribution >= 4 is 5.91 Å². The van der Waals surface area contributed by atoms with Crippen molar-refractivity contribution in [3.63, 3.8) is 0 Å². The molecule has 1 saturated heterocycles. The van der Waals surface area contributed by atoms with Crippen LogP contribution in [0.2, 0.25) is 0 Å². The number of imidazole rings is 1. The molecule has 0 aliphatic carbocycles. The number of likely N-dealkylation sites (tertiary alicyclic amines) is 1. The van der Waals surface area contributed by atoms with E-state index in [2.05, 4.69) is 4.98 Å². The second kappa shape index (κ2) is 5.00. The average Bonchev–Trinajstić information content (AvgIpc) is 2.79. The summed E-state index contributed by atoms with van der Waals surface area (Å²) in [6.45, 7) is 3.25. The molecule has 1 fully saturated rings. The average molecular weight is 271 g/mol. The summed E-state index contributed by atoms with van der Waals surface area (Å²) < 4.78 is 7.57. The third-order valence-corrected chi connectivity index (χ3v) is 3.44. The van der Waals surface area contributed by atoms with Crippen molar-refractivity contribution in [3.05, 3.63) is 48.0 Å². The Morgan fingerprint density at radius 1 is 1.40 bits per heavy atom. The van der Waals surface area contributed by atoms with Crippen LogP contribution in [0.5, 0.6) is 5.75 Å². The highest BCUT2D eigenvalue weighted by molar-refractivity contribution is 5.91. The Balaban J connectivity index is 1.57. The number of ether oxygens (including phenoxy) is 1. The number of nitrogens with zero attached hydrogens (tertiary/aromatic N) is 3. The van der Waals surface area contributed by atoms with Crippen molar-refractivity contribution in [2.24, 2.45) is 7.05 Å². The van der Waals surface area contributed by atoms with Crippen LogP contribution in [0.15, 0.2) is 36.7 Å². The van der Waals surface area contributed by atoms with Gasteiger partial charge in [-0.2, -0.15) is 0 Å². The van der Waals surface area contributed by atoms with Gasteiger partial charge in [-0.3, -0.25) is 4.79 Å². The molecule has 104 valence electrons. The summed E-state index contributed by atoms with van der Waals surface area (Å²) in [6.07, 6.45) is 3.47. The molecular formula is C15H17N3O2. The van der Waals surface area contributed by atoms with Gasteiger partial charge >= 0.3 is 0 Å². The predicted octanol–water partition coefficient (Wildman–Crippen LogP) is 1.63. The minimum Gasteiger partial charge on any atom is -0.487 e. The molecule has 1 aliphatic heterocycles. The lowest BCUT2D eigenvalue weighted by Crippen LogP contribution is -2.56. The molecule has 3 rings (SSSR count). The van der Waals surface area contributed by atoms with Crippen LogP contribution in [0, 0.1) is 6.92 Å². The summed E-state index contributed by atoms with van der Waals surface area (Å²) in [5.74, 6) is 1.29. The van der Waals surface area contributed by atoms with Gasteiger partial charge in [0.2, 0.25) is 0 Å². The van der Waals surface area contributed by atoms with Crippen LogP contribution in [-0.4, -0.2) is 39.6 Å². The predicted molar refractivity (Wildman–Crippen MR) is 74.7 cm³/mol. The molecule has 0 spiro atoms. The smallest absolute Gasteiger partial charge is 0.290 e. The number of aryl methyl sites for hydroxylation is 2. The van der Waals surface area contributed by atoms with Gasteiger partial charge in [0.05, 0.1) is 13.1 Å². The number of carbonyl (C=O) groups excluding carboxylic acids is 1. The van der Waals surface area contributed by atoms with Gasteiger partial charge in [0.1, 0.15) is 11.9 Å². The zero-order chi connectivity index (χ0) is 14.1. The standard InChI is InChI=1S/C15H17N3O2/c1-11-4-3-5-12(8-11)20-13-9-18(10-13)15(19)14-16-6-7-17(14)2/h3-8,13H,9-10H2,1-2H3. The Morgan fingerprint density at radius 2 is 2.20 bits per heavy atom. The van der Waals surface area contributed by atoms with Gasteiger partial charge < -0.3 is 14.2 Å². The number of benzene rings is 1. The normalized spacial score (nSPS) is 15.0. The number of hydrogen-bond acceptors (Lipinski definition) is 3. The molecule has 0 radical (unpaired) electrons. The van der Waals surface area contributed by atoms with Crippen molar-refractivity contribution < 1.29 is 9.53 Å². The summed E-state index contributed by atoms with van der Waals surface area (Å²) in [4.78, 5) is 18.0. The molecule has 2 aromatic rings. The van der Waals surface area contributed by atoms with E-state index in [1.54, 1.807) is 21.9 Å². The number of hydrogen-bond donors (Lipinski definition) is 0. The Hall–Kier alpha value is -2.30. The van der Waals surface area contributed by atoms with Gasteiger partial charge in [-0.25, -0.2) is 4.98 Å². The fourth-order valence-electron chi connectivity index (χ4n) is 2.27. The van der Waals surface area contributed by atoms with Gasteiger partial charge in [0, 0.05) is 19.4 Å². The maximum atomic E-state index is 12.1. The highest BCUT2D eigenvalue weighted by atomic mass is 16.5. The van der Waals surface area contributed by atoms with Crippen molar-refractivity contribution in [1.29, 1.82) is 0 Å². The van der Waals surface area contributed by atoms with Crippen LogP contribution < -0.4 is 4.74 Å². The van der Waals surface area contributed by atoms with Crippen molar-refractivity contribution in [2.75, 3.05) is 13.1 Å². The van der Waals surface area contributed by atoms with E-state index in [0.29, 0.717) is 18.9 Å². The van der Waals surface area contributed by atoms with Gasteiger partial charge in [0.25, 0.3) is 5.91 Å². The molecule has 0 N–H and O–H groups in total. The van der Waals surface area contributed by atoms with Crippen molar-refractivity contribution in [1.82, 2.24) is 14.5 Å². The summed E-state index contributed by atoms with van der Waals surface area (Å²) in [6, 6.07) is 7.95. The van der Waals surface area contributed by atoms with E-state index >= 15 is 0 Å². The highest BCUT2D eigenvalue weighted by Gasteiger charge is 2.34. The maximum absolute atomic E-state index is 12.1. The van der Waals surface area contributed by atoms with E-state index in [9.17, 15) is 4.79 Å². The van der Waals surface area contributed by atoms with Gasteiger partial charge in [-0.1, -0.05) is 12.1 Å². The van der Waals surface area contributed by atoms with Crippen LogP contribution in [-0.2, 0) is 7.05 Å². The highest BCUT2D eigenvalue weighted by Crippen LogP contribution is 2.20. The summed E-state index contributed by atoms with van der Waals surface area (Å²) in [5, 5.41) is 0. The van der Waals surface area contributed by atoms with Gasteiger partial charge in [-0.15, -0.1) is 0 Å². The van der Waals surface area contributed by atoms with Crippen molar-refractivity contribution in [2.45, 2.75) is 13.0 Å². The van der Waals surface area contributed by atoms with Crippen LogP contribution in [0.4, 0.5) is 0 Å². The second-order valence-electron chi connectivity index (χ2n) is 5.13. The first-order valence-corrected chi connectivity index (χ1v) is 6.63. The van der Waals surface area contributed by atoms with Gasteiger partial charge in [0.15, 0.2) is 5.82 Å². The Bertz CT molecular complexity index is 630. The maximum Gasteiger partial charge on any atom is 0.290 e. The molecule has 5 heteroatoms. The van der Waals surface area contributed by atoms with E-state index in [4.69, 9.17) is 4.74 Å². The quantitative estimate of drug-likeness (QED) is 0.852. The molecule has 0 bridgehead atoms. The van der Waals surface area contributed by atoms with Crippen LogP contribution in [0.3, 0.4) is 0 Å². The molecule has 0 atom stereocenters. The first kappa shape index (κ1) is 12.7. The lowest BCUT2D eigenvalue weighted by atomic mass is 10.1. The fourth-order valence-corrected chi connectivity index (χ4v) is 2.27. The molecular weight excluding hydrogens is 254 g/mol. The fraction of sp³-hybridized carbons (Fsp3) is 0.333. The molecule has 20 heavy (non-hydrogen) atoms. The topological polar surface area (TPSA) is 47.4 Å². The monoisotopic (exact) mass is 271 g/mol. The number of aromatic nitrogens is 2. The molecule has 0 unspecified atom stereocenters. The zero-order valence-corrected chi connectivity index (χ0v) is 11.6. The van der Waals surface area contributed by atoms with E-state index in [1.807, 2.05) is 38.2 Å². The molecule has 1 aromatic carbocycles. The molecule has 1 aromatic heterocycles. The van der Waals surface area contributed by atoms with Crippen LogP contribution >= 0.6 is 0 Å². The summed E-state index contributed by atoms with van der Waals surface area (Å²) in [7, 11) is 1.82. The number of amides is 1. The molecule has 1 aliphatic rings. The second-order valence-corrected chi connectivity index (χ2v) is 5.13. The Kier molecular flexibility index (Phi) is 3.18. The number of rotatable bonds is 3. The largest absolute Gasteiger partial charge is 0.487 e. The van der Waals surface area contributed by atoms with E-state index in [-0.39, 0.29) is 12.0 Å². The molecule has 5 nitrogen and oxygen atoms in total. The molecule has 1 amide bonds. The van der Waals surface area contributed by atoms with Gasteiger partial charge in [-0.05, 0) is 24.6 Å². The van der Waals surface area contributed by atoms with Crippen LogP contribution in [0.1, 0.15) is 16.2 Å². The Morgan fingerprint density at radius 3 is 2.85 bits per heavy atom. The SMILES string of the molecule is Cc1cccc(OC2CN(C(=O)c3nccn3C)C2)c1. The third kappa shape index (κ3) is 2.39. The van der Waals surface area contributed by atoms with E-state index in [1.165, 1.54) is 5.56 Å². The molecule has 0 saturated carbocycles. The summed E-state index contributed by atoms with van der Waals surface area (Å²) >= 11 is 0. The summed E-state index contributed by atoms with van der Waals surface area (Å²) in [5.41, 5.74) is 1.17. The number of carbonyl (C=O) groups is 1. The zero-order valence-electron chi connectivity index (χ0n) is 11.6. The van der Waals surface area contributed by atoms with E-state index in [0.717, 1.165) is 5.75 Å². The molecule has 2 heterocycles. The van der Waals surface area contributed by atoms with Crippen molar-refractivity contribution in [3.8, 4) is 5.75 Å². The van der Waals surface area contributed by atoms with E-state index < -0.39 is 0 Å².